The van der Waals surface area contributed by atoms with Gasteiger partial charge in [-0.2, -0.15) is 0 Å². The molecule has 0 amide bonds. The molecule has 0 aliphatic carbocycles. The van der Waals surface area contributed by atoms with E-state index in [1.165, 1.54) is 25.9 Å². The molecule has 1 saturated heterocycles. The third-order valence-corrected chi connectivity index (χ3v) is 4.33. The maximum Gasteiger partial charge on any atom is 0.122 e. The highest BCUT2D eigenvalue weighted by Crippen LogP contribution is 2.34. The minimum absolute atomic E-state index is 0.00995. The van der Waals surface area contributed by atoms with Gasteiger partial charge in [-0.05, 0) is 61.0 Å². The summed E-state index contributed by atoms with van der Waals surface area (Å²) in [5.74, 6) is 0.901. The van der Waals surface area contributed by atoms with Gasteiger partial charge in [-0.15, -0.1) is 0 Å². The predicted octanol–water partition coefficient (Wildman–Crippen LogP) is 3.51. The summed E-state index contributed by atoms with van der Waals surface area (Å²) >= 11 is 0. The van der Waals surface area contributed by atoms with Crippen LogP contribution >= 0.6 is 0 Å². The van der Waals surface area contributed by atoms with E-state index in [0.29, 0.717) is 0 Å². The molecule has 0 spiro atoms. The highest BCUT2D eigenvalue weighted by molar-refractivity contribution is 5.42. The Hall–Kier alpha value is -1.06. The van der Waals surface area contributed by atoms with Crippen LogP contribution < -0.4 is 4.74 Å². The Morgan fingerprint density at radius 3 is 2.48 bits per heavy atom. The zero-order chi connectivity index (χ0) is 15.5. The SMILES string of the molecule is COc1ccc(C(O)CCN2CCCC2)cc1C(C)(C)C. The van der Waals surface area contributed by atoms with Gasteiger partial charge in [0.15, 0.2) is 0 Å². The molecule has 1 atom stereocenters. The summed E-state index contributed by atoms with van der Waals surface area (Å²) in [7, 11) is 1.70. The first-order valence-electron chi connectivity index (χ1n) is 8.00. The van der Waals surface area contributed by atoms with E-state index in [1.807, 2.05) is 12.1 Å². The van der Waals surface area contributed by atoms with E-state index in [-0.39, 0.29) is 5.41 Å². The number of hydrogen-bond donors (Lipinski definition) is 1. The van der Waals surface area contributed by atoms with Crippen LogP contribution in [0.3, 0.4) is 0 Å². The third kappa shape index (κ3) is 4.21. The molecule has 0 bridgehead atoms. The first kappa shape index (κ1) is 16.3. The van der Waals surface area contributed by atoms with Gasteiger partial charge in [0, 0.05) is 6.54 Å². The molecular formula is C18H29NO2. The highest BCUT2D eigenvalue weighted by Gasteiger charge is 2.21. The molecule has 1 N–H and O–H groups in total. The minimum Gasteiger partial charge on any atom is -0.496 e. The van der Waals surface area contributed by atoms with Crippen molar-refractivity contribution in [3.63, 3.8) is 0 Å². The third-order valence-electron chi connectivity index (χ3n) is 4.33. The Morgan fingerprint density at radius 1 is 1.24 bits per heavy atom. The summed E-state index contributed by atoms with van der Waals surface area (Å²) in [6.45, 7) is 9.87. The summed E-state index contributed by atoms with van der Waals surface area (Å²) in [6.07, 6.45) is 3.01. The normalized spacial score (nSPS) is 18.0. The molecule has 3 heteroatoms. The molecule has 1 aromatic rings. The second-order valence-electron chi connectivity index (χ2n) is 7.06. The van der Waals surface area contributed by atoms with Gasteiger partial charge < -0.3 is 14.7 Å². The quantitative estimate of drug-likeness (QED) is 0.901. The number of benzene rings is 1. The molecule has 0 saturated carbocycles. The van der Waals surface area contributed by atoms with Crippen molar-refractivity contribution in [2.24, 2.45) is 0 Å². The van der Waals surface area contributed by atoms with Crippen LogP contribution in [0.15, 0.2) is 18.2 Å². The number of aliphatic hydroxyl groups excluding tert-OH is 1. The topological polar surface area (TPSA) is 32.7 Å². The molecule has 1 aromatic carbocycles. The smallest absolute Gasteiger partial charge is 0.122 e. The molecule has 1 unspecified atom stereocenters. The zero-order valence-corrected chi connectivity index (χ0v) is 13.9. The second kappa shape index (κ2) is 6.80. The van der Waals surface area contributed by atoms with Gasteiger partial charge in [-0.1, -0.05) is 26.8 Å². The Kier molecular flexibility index (Phi) is 5.28. The predicted molar refractivity (Wildman–Crippen MR) is 86.9 cm³/mol. The van der Waals surface area contributed by atoms with Crippen molar-refractivity contribution >= 4 is 0 Å². The lowest BCUT2D eigenvalue weighted by molar-refractivity contribution is 0.148. The van der Waals surface area contributed by atoms with Gasteiger partial charge in [0.1, 0.15) is 5.75 Å². The number of ether oxygens (including phenoxy) is 1. The number of nitrogens with zero attached hydrogens (tertiary/aromatic N) is 1. The highest BCUT2D eigenvalue weighted by atomic mass is 16.5. The molecule has 1 heterocycles. The van der Waals surface area contributed by atoms with Gasteiger partial charge in [0.05, 0.1) is 13.2 Å². The van der Waals surface area contributed by atoms with Gasteiger partial charge in [-0.25, -0.2) is 0 Å². The number of likely N-dealkylation sites (tertiary alicyclic amines) is 1. The molecule has 0 aromatic heterocycles. The van der Waals surface area contributed by atoms with E-state index in [0.717, 1.165) is 29.8 Å². The van der Waals surface area contributed by atoms with Crippen LogP contribution in [0, 0.1) is 0 Å². The van der Waals surface area contributed by atoms with Crippen molar-refractivity contribution in [3.8, 4) is 5.75 Å². The lowest BCUT2D eigenvalue weighted by Crippen LogP contribution is -2.22. The van der Waals surface area contributed by atoms with Crippen LogP contribution in [-0.4, -0.2) is 36.8 Å². The van der Waals surface area contributed by atoms with E-state index in [1.54, 1.807) is 7.11 Å². The summed E-state index contributed by atoms with van der Waals surface area (Å²) in [6, 6.07) is 6.07. The van der Waals surface area contributed by atoms with Gasteiger partial charge in [0.25, 0.3) is 0 Å². The first-order valence-corrected chi connectivity index (χ1v) is 8.00. The van der Waals surface area contributed by atoms with Crippen molar-refractivity contribution in [2.75, 3.05) is 26.7 Å². The zero-order valence-electron chi connectivity index (χ0n) is 13.9. The van der Waals surface area contributed by atoms with Crippen LogP contribution in [0.4, 0.5) is 0 Å². The number of aliphatic hydroxyl groups is 1. The summed E-state index contributed by atoms with van der Waals surface area (Å²) in [4.78, 5) is 2.44. The Balaban J connectivity index is 2.08. The number of hydrogen-bond acceptors (Lipinski definition) is 3. The lowest BCUT2D eigenvalue weighted by Gasteiger charge is -2.24. The van der Waals surface area contributed by atoms with Crippen LogP contribution in [0.25, 0.3) is 0 Å². The van der Waals surface area contributed by atoms with Crippen molar-refractivity contribution in [1.82, 2.24) is 4.90 Å². The average Bonchev–Trinajstić information content (AvgIpc) is 2.96. The fraction of sp³-hybridized carbons (Fsp3) is 0.667. The summed E-state index contributed by atoms with van der Waals surface area (Å²) < 4.78 is 5.46. The molecule has 0 radical (unpaired) electrons. The van der Waals surface area contributed by atoms with E-state index < -0.39 is 6.10 Å². The van der Waals surface area contributed by atoms with Gasteiger partial charge in [0.2, 0.25) is 0 Å². The maximum atomic E-state index is 10.5. The molecule has 3 nitrogen and oxygen atoms in total. The van der Waals surface area contributed by atoms with Gasteiger partial charge in [-0.3, -0.25) is 0 Å². The molecule has 118 valence electrons. The van der Waals surface area contributed by atoms with Crippen LogP contribution in [0.2, 0.25) is 0 Å². The second-order valence-corrected chi connectivity index (χ2v) is 7.06. The van der Waals surface area contributed by atoms with E-state index in [9.17, 15) is 5.11 Å². The summed E-state index contributed by atoms with van der Waals surface area (Å²) in [5.41, 5.74) is 2.17. The van der Waals surface area contributed by atoms with Crippen molar-refractivity contribution in [2.45, 2.75) is 51.6 Å². The lowest BCUT2D eigenvalue weighted by atomic mass is 9.84. The fourth-order valence-electron chi connectivity index (χ4n) is 3.00. The average molecular weight is 291 g/mol. The molecule has 21 heavy (non-hydrogen) atoms. The fourth-order valence-corrected chi connectivity index (χ4v) is 3.00. The largest absolute Gasteiger partial charge is 0.496 e. The van der Waals surface area contributed by atoms with Crippen LogP contribution in [-0.2, 0) is 5.41 Å². The molecule has 2 rings (SSSR count). The van der Waals surface area contributed by atoms with Crippen LogP contribution in [0.5, 0.6) is 5.75 Å². The number of methoxy groups -OCH3 is 1. The van der Waals surface area contributed by atoms with Crippen molar-refractivity contribution < 1.29 is 9.84 Å². The summed E-state index contributed by atoms with van der Waals surface area (Å²) in [5, 5.41) is 10.5. The van der Waals surface area contributed by atoms with E-state index in [2.05, 4.69) is 31.7 Å². The van der Waals surface area contributed by atoms with Crippen molar-refractivity contribution in [3.05, 3.63) is 29.3 Å². The number of rotatable bonds is 5. The molecule has 1 fully saturated rings. The standard InChI is InChI=1S/C18H29NO2/c1-18(2,3)15-13-14(7-8-17(15)21-4)16(20)9-12-19-10-5-6-11-19/h7-8,13,16,20H,5-6,9-12H2,1-4H3. The van der Waals surface area contributed by atoms with Gasteiger partial charge >= 0.3 is 0 Å². The Morgan fingerprint density at radius 2 is 1.90 bits per heavy atom. The molecule has 1 aliphatic heterocycles. The molecule has 1 aliphatic rings. The Bertz CT molecular complexity index is 459. The Labute approximate surface area is 128 Å². The van der Waals surface area contributed by atoms with E-state index >= 15 is 0 Å². The monoisotopic (exact) mass is 291 g/mol. The van der Waals surface area contributed by atoms with E-state index in [4.69, 9.17) is 4.74 Å². The minimum atomic E-state index is -0.391. The van der Waals surface area contributed by atoms with Crippen LogP contribution in [0.1, 0.15) is 57.3 Å². The first-order chi connectivity index (χ1) is 9.91. The van der Waals surface area contributed by atoms with Crippen molar-refractivity contribution in [1.29, 1.82) is 0 Å². The molecular weight excluding hydrogens is 262 g/mol. The maximum absolute atomic E-state index is 10.5.